The number of rotatable bonds is 3. The Balaban J connectivity index is 2.84. The molecule has 0 spiro atoms. The third-order valence-corrected chi connectivity index (χ3v) is 2.76. The SMILES string of the molecule is CN(C(=O)CCCl)c1ccccc1Br. The predicted molar refractivity (Wildman–Crippen MR) is 62.9 cm³/mol. The first kappa shape index (κ1) is 11.5. The molecule has 0 N–H and O–H groups in total. The molecule has 0 aliphatic heterocycles. The number of amides is 1. The van der Waals surface area contributed by atoms with Crippen LogP contribution in [0.1, 0.15) is 6.42 Å². The lowest BCUT2D eigenvalue weighted by atomic mass is 10.3. The van der Waals surface area contributed by atoms with Crippen molar-refractivity contribution in [1.82, 2.24) is 0 Å². The van der Waals surface area contributed by atoms with E-state index in [1.807, 2.05) is 24.3 Å². The van der Waals surface area contributed by atoms with Gasteiger partial charge in [-0.1, -0.05) is 12.1 Å². The van der Waals surface area contributed by atoms with Crippen LogP contribution in [0.3, 0.4) is 0 Å². The fourth-order valence-corrected chi connectivity index (χ4v) is 1.82. The summed E-state index contributed by atoms with van der Waals surface area (Å²) >= 11 is 8.90. The highest BCUT2D eigenvalue weighted by Gasteiger charge is 2.11. The molecule has 0 heterocycles. The summed E-state index contributed by atoms with van der Waals surface area (Å²) in [5, 5.41) is 0. The Bertz CT molecular complexity index is 330. The third-order valence-electron chi connectivity index (χ3n) is 1.90. The highest BCUT2D eigenvalue weighted by molar-refractivity contribution is 9.10. The van der Waals surface area contributed by atoms with E-state index >= 15 is 0 Å². The molecule has 14 heavy (non-hydrogen) atoms. The summed E-state index contributed by atoms with van der Waals surface area (Å²) < 4.78 is 0.908. The largest absolute Gasteiger partial charge is 0.314 e. The second-order valence-electron chi connectivity index (χ2n) is 2.84. The third kappa shape index (κ3) is 2.72. The first-order valence-corrected chi connectivity index (χ1v) is 5.56. The van der Waals surface area contributed by atoms with E-state index in [9.17, 15) is 4.79 Å². The smallest absolute Gasteiger partial charge is 0.227 e. The summed E-state index contributed by atoms with van der Waals surface area (Å²) in [6.45, 7) is 0. The number of hydrogen-bond acceptors (Lipinski definition) is 1. The van der Waals surface area contributed by atoms with Crippen molar-refractivity contribution < 1.29 is 4.79 Å². The zero-order valence-corrected chi connectivity index (χ0v) is 10.2. The van der Waals surface area contributed by atoms with Crippen LogP contribution in [0.5, 0.6) is 0 Å². The van der Waals surface area contributed by atoms with Crippen LogP contribution in [0.25, 0.3) is 0 Å². The van der Waals surface area contributed by atoms with Crippen molar-refractivity contribution in [3.63, 3.8) is 0 Å². The van der Waals surface area contributed by atoms with Gasteiger partial charge in [-0.15, -0.1) is 11.6 Å². The number of carbonyl (C=O) groups is 1. The molecule has 1 amide bonds. The van der Waals surface area contributed by atoms with Gasteiger partial charge in [0, 0.05) is 23.8 Å². The van der Waals surface area contributed by atoms with Crippen LogP contribution in [0.2, 0.25) is 0 Å². The molecule has 0 saturated heterocycles. The standard InChI is InChI=1S/C10H11BrClNO/c1-13(10(14)6-7-12)9-5-3-2-4-8(9)11/h2-5H,6-7H2,1H3. The summed E-state index contributed by atoms with van der Waals surface area (Å²) in [5.41, 5.74) is 0.864. The van der Waals surface area contributed by atoms with Gasteiger partial charge in [0.2, 0.25) is 5.91 Å². The van der Waals surface area contributed by atoms with Crippen molar-refractivity contribution >= 4 is 39.1 Å². The maximum absolute atomic E-state index is 11.5. The van der Waals surface area contributed by atoms with Gasteiger partial charge in [0.25, 0.3) is 0 Å². The Hall–Kier alpha value is -0.540. The topological polar surface area (TPSA) is 20.3 Å². The maximum atomic E-state index is 11.5. The van der Waals surface area contributed by atoms with E-state index in [4.69, 9.17) is 11.6 Å². The number of alkyl halides is 1. The Morgan fingerprint density at radius 3 is 2.71 bits per heavy atom. The lowest BCUT2D eigenvalue weighted by molar-refractivity contribution is -0.117. The molecule has 0 radical (unpaired) electrons. The molecule has 1 aromatic rings. The number of halogens is 2. The zero-order valence-electron chi connectivity index (χ0n) is 7.84. The Labute approximate surface area is 97.0 Å². The van der Waals surface area contributed by atoms with Gasteiger partial charge in [-0.25, -0.2) is 0 Å². The monoisotopic (exact) mass is 275 g/mol. The van der Waals surface area contributed by atoms with Crippen LogP contribution in [-0.4, -0.2) is 18.8 Å². The molecule has 0 atom stereocenters. The van der Waals surface area contributed by atoms with Crippen molar-refractivity contribution in [2.24, 2.45) is 0 Å². The first-order valence-electron chi connectivity index (χ1n) is 4.24. The normalized spacial score (nSPS) is 9.93. The summed E-state index contributed by atoms with van der Waals surface area (Å²) in [6.07, 6.45) is 0.361. The van der Waals surface area contributed by atoms with Gasteiger partial charge < -0.3 is 4.90 Å². The molecule has 0 aliphatic carbocycles. The quantitative estimate of drug-likeness (QED) is 0.777. The molecule has 2 nitrogen and oxygen atoms in total. The summed E-state index contributed by atoms with van der Waals surface area (Å²) in [5.74, 6) is 0.375. The minimum atomic E-state index is 0.0203. The predicted octanol–water partition coefficient (Wildman–Crippen LogP) is 3.04. The van der Waals surface area contributed by atoms with E-state index in [-0.39, 0.29) is 5.91 Å². The minimum absolute atomic E-state index is 0.0203. The minimum Gasteiger partial charge on any atom is -0.314 e. The van der Waals surface area contributed by atoms with Crippen molar-refractivity contribution in [3.8, 4) is 0 Å². The number of carbonyl (C=O) groups excluding carboxylic acids is 1. The van der Waals surface area contributed by atoms with Gasteiger partial charge in [-0.2, -0.15) is 0 Å². The second kappa shape index (κ2) is 5.37. The molecule has 0 aliphatic rings. The van der Waals surface area contributed by atoms with Gasteiger partial charge in [0.05, 0.1) is 5.69 Å². The molecule has 0 unspecified atom stereocenters. The number of nitrogens with zero attached hydrogens (tertiary/aromatic N) is 1. The second-order valence-corrected chi connectivity index (χ2v) is 4.08. The van der Waals surface area contributed by atoms with E-state index in [0.717, 1.165) is 10.2 Å². The highest BCUT2D eigenvalue weighted by Crippen LogP contribution is 2.24. The molecule has 4 heteroatoms. The molecular formula is C10H11BrClNO. The number of para-hydroxylation sites is 1. The fraction of sp³-hybridized carbons (Fsp3) is 0.300. The average Bonchev–Trinajstić information content (AvgIpc) is 2.18. The number of anilines is 1. The van der Waals surface area contributed by atoms with E-state index in [0.29, 0.717) is 12.3 Å². The molecule has 0 fully saturated rings. The van der Waals surface area contributed by atoms with Gasteiger partial charge in [0.1, 0.15) is 0 Å². The Kier molecular flexibility index (Phi) is 4.42. The zero-order chi connectivity index (χ0) is 10.6. The lowest BCUT2D eigenvalue weighted by Crippen LogP contribution is -2.26. The van der Waals surface area contributed by atoms with Crippen LogP contribution in [0.4, 0.5) is 5.69 Å². The van der Waals surface area contributed by atoms with E-state index in [2.05, 4.69) is 15.9 Å². The van der Waals surface area contributed by atoms with E-state index in [1.54, 1.807) is 11.9 Å². The van der Waals surface area contributed by atoms with Gasteiger partial charge in [-0.3, -0.25) is 4.79 Å². The van der Waals surface area contributed by atoms with Crippen LogP contribution in [0.15, 0.2) is 28.7 Å². The molecule has 76 valence electrons. The van der Waals surface area contributed by atoms with E-state index < -0.39 is 0 Å². The van der Waals surface area contributed by atoms with Crippen LogP contribution in [0, 0.1) is 0 Å². The summed E-state index contributed by atoms with van der Waals surface area (Å²) in [7, 11) is 1.75. The van der Waals surface area contributed by atoms with Crippen LogP contribution >= 0.6 is 27.5 Å². The summed E-state index contributed by atoms with van der Waals surface area (Å²) in [4.78, 5) is 13.1. The number of benzene rings is 1. The van der Waals surface area contributed by atoms with Crippen molar-refractivity contribution in [2.75, 3.05) is 17.8 Å². The first-order chi connectivity index (χ1) is 6.66. The van der Waals surface area contributed by atoms with Crippen LogP contribution < -0.4 is 4.90 Å². The Morgan fingerprint density at radius 1 is 1.50 bits per heavy atom. The molecule has 0 bridgehead atoms. The van der Waals surface area contributed by atoms with Crippen molar-refractivity contribution in [2.45, 2.75) is 6.42 Å². The molecule has 0 saturated carbocycles. The van der Waals surface area contributed by atoms with Gasteiger partial charge in [0.15, 0.2) is 0 Å². The Morgan fingerprint density at radius 2 is 2.14 bits per heavy atom. The van der Waals surface area contributed by atoms with Crippen molar-refractivity contribution in [3.05, 3.63) is 28.7 Å². The highest BCUT2D eigenvalue weighted by atomic mass is 79.9. The number of hydrogen-bond donors (Lipinski definition) is 0. The van der Waals surface area contributed by atoms with Crippen molar-refractivity contribution in [1.29, 1.82) is 0 Å². The molecular weight excluding hydrogens is 265 g/mol. The average molecular weight is 277 g/mol. The van der Waals surface area contributed by atoms with Crippen LogP contribution in [-0.2, 0) is 4.79 Å². The van der Waals surface area contributed by atoms with Gasteiger partial charge >= 0.3 is 0 Å². The molecule has 0 aromatic heterocycles. The molecule has 1 aromatic carbocycles. The maximum Gasteiger partial charge on any atom is 0.227 e. The van der Waals surface area contributed by atoms with E-state index in [1.165, 1.54) is 0 Å². The van der Waals surface area contributed by atoms with Gasteiger partial charge in [-0.05, 0) is 28.1 Å². The summed E-state index contributed by atoms with van der Waals surface area (Å²) in [6, 6.07) is 7.59. The molecule has 1 rings (SSSR count). The fourth-order valence-electron chi connectivity index (χ4n) is 1.11. The lowest BCUT2D eigenvalue weighted by Gasteiger charge is -2.18.